The van der Waals surface area contributed by atoms with Crippen molar-refractivity contribution in [1.29, 1.82) is 0 Å². The maximum absolute atomic E-state index is 10.7. The van der Waals surface area contributed by atoms with Crippen LogP contribution in [-0.2, 0) is 0 Å². The predicted octanol–water partition coefficient (Wildman–Crippen LogP) is 0.668. The molecule has 5 heteroatoms. The summed E-state index contributed by atoms with van der Waals surface area (Å²) in [4.78, 5) is 14.5. The number of hydrogen-bond acceptors (Lipinski definition) is 4. The van der Waals surface area contributed by atoms with E-state index >= 15 is 0 Å². The summed E-state index contributed by atoms with van der Waals surface area (Å²) in [5, 5.41) is 10.4. The van der Waals surface area contributed by atoms with Crippen LogP contribution in [0.3, 0.4) is 0 Å². The monoisotopic (exact) mass is 181 g/mol. The van der Waals surface area contributed by atoms with Crippen LogP contribution in [0.4, 0.5) is 5.69 Å². The van der Waals surface area contributed by atoms with Gasteiger partial charge >= 0.3 is 5.97 Å². The van der Waals surface area contributed by atoms with Crippen LogP contribution < -0.4 is 5.43 Å². The second-order valence-corrected chi connectivity index (χ2v) is 2.73. The van der Waals surface area contributed by atoms with Gasteiger partial charge in [-0.15, -0.1) is 0 Å². The Balaban J connectivity index is 2.98. The lowest BCUT2D eigenvalue weighted by Crippen LogP contribution is -2.21. The first-order valence-electron chi connectivity index (χ1n) is 3.72. The Morgan fingerprint density at radius 2 is 2.31 bits per heavy atom. The van der Waals surface area contributed by atoms with Crippen LogP contribution in [0, 0.1) is 0 Å². The highest BCUT2D eigenvalue weighted by Gasteiger charge is 2.08. The van der Waals surface area contributed by atoms with E-state index < -0.39 is 5.97 Å². The van der Waals surface area contributed by atoms with Crippen molar-refractivity contribution in [2.45, 2.75) is 0 Å². The van der Waals surface area contributed by atoms with Gasteiger partial charge in [-0.1, -0.05) is 0 Å². The number of nitrogens with zero attached hydrogens (tertiary/aromatic N) is 2. The Morgan fingerprint density at radius 1 is 1.62 bits per heavy atom. The summed E-state index contributed by atoms with van der Waals surface area (Å²) in [6, 6.07) is 1.45. The zero-order chi connectivity index (χ0) is 9.84. The van der Waals surface area contributed by atoms with Crippen LogP contribution in [-0.4, -0.2) is 35.2 Å². The maximum atomic E-state index is 10.7. The van der Waals surface area contributed by atoms with Gasteiger partial charge in [-0.05, 0) is 6.07 Å². The molecule has 0 bridgehead atoms. The average Bonchev–Trinajstić information content (AvgIpc) is 2.03. The minimum atomic E-state index is -0.966. The molecule has 0 fully saturated rings. The molecule has 70 valence electrons. The van der Waals surface area contributed by atoms with Crippen molar-refractivity contribution >= 4 is 11.7 Å². The molecule has 0 spiro atoms. The summed E-state index contributed by atoms with van der Waals surface area (Å²) in [6.45, 7) is 0. The molecule has 0 aliphatic carbocycles. The molecular weight excluding hydrogens is 170 g/mol. The zero-order valence-electron chi connectivity index (χ0n) is 7.48. The fourth-order valence-corrected chi connectivity index (χ4v) is 0.911. The fourth-order valence-electron chi connectivity index (χ4n) is 0.911. The van der Waals surface area contributed by atoms with Gasteiger partial charge in [-0.2, -0.15) is 0 Å². The molecule has 0 aliphatic rings. The third-order valence-electron chi connectivity index (χ3n) is 1.40. The number of carboxylic acids is 1. The third kappa shape index (κ3) is 2.41. The topological polar surface area (TPSA) is 65.5 Å². The van der Waals surface area contributed by atoms with Crippen molar-refractivity contribution < 1.29 is 9.90 Å². The fraction of sp³-hybridized carbons (Fsp3) is 0.250. The van der Waals surface area contributed by atoms with E-state index in [-0.39, 0.29) is 5.56 Å². The summed E-state index contributed by atoms with van der Waals surface area (Å²) >= 11 is 0. The first kappa shape index (κ1) is 9.47. The number of aromatic carboxylic acids is 1. The van der Waals surface area contributed by atoms with E-state index in [2.05, 4.69) is 10.4 Å². The minimum Gasteiger partial charge on any atom is -0.478 e. The summed E-state index contributed by atoms with van der Waals surface area (Å²) in [6.07, 6.45) is 2.92. The molecule has 2 N–H and O–H groups in total. The average molecular weight is 181 g/mol. The molecule has 0 aliphatic heterocycles. The molecule has 13 heavy (non-hydrogen) atoms. The Hall–Kier alpha value is -1.62. The second kappa shape index (κ2) is 3.86. The number of anilines is 1. The third-order valence-corrected chi connectivity index (χ3v) is 1.40. The zero-order valence-corrected chi connectivity index (χ0v) is 7.48. The van der Waals surface area contributed by atoms with Crippen molar-refractivity contribution in [1.82, 2.24) is 9.99 Å². The van der Waals surface area contributed by atoms with E-state index in [9.17, 15) is 4.79 Å². The molecule has 1 aromatic rings. The lowest BCUT2D eigenvalue weighted by molar-refractivity contribution is 0.0697. The van der Waals surface area contributed by atoms with Gasteiger partial charge in [0.15, 0.2) is 0 Å². The van der Waals surface area contributed by atoms with Gasteiger partial charge < -0.3 is 10.5 Å². The Labute approximate surface area is 76.0 Å². The van der Waals surface area contributed by atoms with Gasteiger partial charge in [-0.3, -0.25) is 4.98 Å². The van der Waals surface area contributed by atoms with Gasteiger partial charge in [0.25, 0.3) is 0 Å². The Kier molecular flexibility index (Phi) is 2.81. The minimum absolute atomic E-state index is 0.212. The van der Waals surface area contributed by atoms with Crippen molar-refractivity contribution in [3.8, 4) is 0 Å². The normalized spacial score (nSPS) is 10.1. The molecule has 0 aromatic carbocycles. The Bertz CT molecular complexity index is 312. The van der Waals surface area contributed by atoms with Gasteiger partial charge in [0.1, 0.15) is 0 Å². The molecule has 1 heterocycles. The molecule has 0 atom stereocenters. The molecule has 0 saturated carbocycles. The Morgan fingerprint density at radius 3 is 2.85 bits per heavy atom. The summed E-state index contributed by atoms with van der Waals surface area (Å²) in [5.41, 5.74) is 3.54. The maximum Gasteiger partial charge on any atom is 0.337 e. The number of nitrogens with one attached hydrogen (secondary N) is 1. The van der Waals surface area contributed by atoms with E-state index in [4.69, 9.17) is 5.11 Å². The summed E-state index contributed by atoms with van der Waals surface area (Å²) in [7, 11) is 3.55. The van der Waals surface area contributed by atoms with Crippen LogP contribution in [0.25, 0.3) is 0 Å². The largest absolute Gasteiger partial charge is 0.478 e. The van der Waals surface area contributed by atoms with E-state index in [1.165, 1.54) is 18.5 Å². The van der Waals surface area contributed by atoms with Crippen molar-refractivity contribution in [2.24, 2.45) is 0 Å². The van der Waals surface area contributed by atoms with Crippen LogP contribution >= 0.6 is 0 Å². The van der Waals surface area contributed by atoms with E-state index in [1.54, 1.807) is 19.1 Å². The van der Waals surface area contributed by atoms with E-state index in [0.717, 1.165) is 0 Å². The molecule has 0 saturated heterocycles. The predicted molar refractivity (Wildman–Crippen MR) is 48.5 cm³/mol. The molecule has 1 rings (SSSR count). The quantitative estimate of drug-likeness (QED) is 0.671. The van der Waals surface area contributed by atoms with Crippen LogP contribution in [0.15, 0.2) is 18.5 Å². The van der Waals surface area contributed by atoms with Crippen LogP contribution in [0.5, 0.6) is 0 Å². The first-order chi connectivity index (χ1) is 6.11. The van der Waals surface area contributed by atoms with E-state index in [1.807, 2.05) is 0 Å². The summed E-state index contributed by atoms with van der Waals surface area (Å²) in [5.74, 6) is -0.966. The van der Waals surface area contributed by atoms with Crippen molar-refractivity contribution in [2.75, 3.05) is 19.5 Å². The molecule has 1 aromatic heterocycles. The standard InChI is InChI=1S/C8H11N3O2/c1-11(2)10-7-5-9-4-3-6(7)8(12)13/h3-5,10H,1-2H3,(H,12,13). The number of rotatable bonds is 3. The van der Waals surface area contributed by atoms with Gasteiger partial charge in [0.05, 0.1) is 17.4 Å². The number of hydrazine groups is 1. The smallest absolute Gasteiger partial charge is 0.337 e. The summed E-state index contributed by atoms with van der Waals surface area (Å²) < 4.78 is 0. The molecule has 0 radical (unpaired) electrons. The van der Waals surface area contributed by atoms with Gasteiger partial charge in [-0.25, -0.2) is 9.80 Å². The molecule has 0 amide bonds. The number of carboxylic acid groups (broad SMARTS) is 1. The highest BCUT2D eigenvalue weighted by atomic mass is 16.4. The number of aromatic nitrogens is 1. The number of hydrogen-bond donors (Lipinski definition) is 2. The second-order valence-electron chi connectivity index (χ2n) is 2.73. The molecular formula is C8H11N3O2. The SMILES string of the molecule is CN(C)Nc1cnccc1C(=O)O. The van der Waals surface area contributed by atoms with Crippen LogP contribution in [0.2, 0.25) is 0 Å². The lowest BCUT2D eigenvalue weighted by Gasteiger charge is -2.14. The molecule has 0 unspecified atom stereocenters. The first-order valence-corrected chi connectivity index (χ1v) is 3.72. The van der Waals surface area contributed by atoms with Crippen LogP contribution in [0.1, 0.15) is 10.4 Å². The number of carbonyl (C=O) groups is 1. The highest BCUT2D eigenvalue weighted by molar-refractivity contribution is 5.93. The molecule has 5 nitrogen and oxygen atoms in total. The van der Waals surface area contributed by atoms with Crippen molar-refractivity contribution in [3.05, 3.63) is 24.0 Å². The highest BCUT2D eigenvalue weighted by Crippen LogP contribution is 2.12. The van der Waals surface area contributed by atoms with Gasteiger partial charge in [0.2, 0.25) is 0 Å². The number of pyridine rings is 1. The van der Waals surface area contributed by atoms with Crippen molar-refractivity contribution in [3.63, 3.8) is 0 Å². The lowest BCUT2D eigenvalue weighted by atomic mass is 10.2. The van der Waals surface area contributed by atoms with E-state index in [0.29, 0.717) is 5.69 Å². The van der Waals surface area contributed by atoms with Gasteiger partial charge in [0, 0.05) is 20.3 Å².